The summed E-state index contributed by atoms with van der Waals surface area (Å²) in [6.07, 6.45) is 2.86. The first-order valence-corrected chi connectivity index (χ1v) is 6.58. The lowest BCUT2D eigenvalue weighted by Gasteiger charge is -2.07. The van der Waals surface area contributed by atoms with Gasteiger partial charge in [0.15, 0.2) is 5.69 Å². The third-order valence-electron chi connectivity index (χ3n) is 3.27. The van der Waals surface area contributed by atoms with Crippen LogP contribution >= 0.6 is 15.9 Å². The zero-order valence-corrected chi connectivity index (χ0v) is 11.1. The number of hydrogen-bond acceptors (Lipinski definition) is 3. The number of hydrogen-bond donors (Lipinski definition) is 2. The summed E-state index contributed by atoms with van der Waals surface area (Å²) in [6, 6.07) is 3.72. The third kappa shape index (κ3) is 1.72. The first-order chi connectivity index (χ1) is 8.68. The van der Waals surface area contributed by atoms with E-state index < -0.39 is 5.97 Å². The van der Waals surface area contributed by atoms with Crippen molar-refractivity contribution in [3.63, 3.8) is 0 Å². The Morgan fingerprint density at radius 3 is 3.11 bits per heavy atom. The van der Waals surface area contributed by atoms with Crippen molar-refractivity contribution in [2.24, 2.45) is 0 Å². The van der Waals surface area contributed by atoms with E-state index in [0.717, 1.165) is 29.8 Å². The molecular weight excluding hydrogens is 298 g/mol. The van der Waals surface area contributed by atoms with E-state index in [1.54, 1.807) is 0 Å². The van der Waals surface area contributed by atoms with E-state index in [0.29, 0.717) is 5.52 Å². The minimum absolute atomic E-state index is 0.115. The summed E-state index contributed by atoms with van der Waals surface area (Å²) in [5, 5.41) is 12.5. The van der Waals surface area contributed by atoms with Crippen LogP contribution in [0, 0.1) is 0 Å². The van der Waals surface area contributed by atoms with Crippen molar-refractivity contribution in [2.45, 2.75) is 12.3 Å². The molecule has 2 aromatic heterocycles. The van der Waals surface area contributed by atoms with Crippen molar-refractivity contribution >= 4 is 27.4 Å². The molecule has 3 heterocycles. The summed E-state index contributed by atoms with van der Waals surface area (Å²) in [5.41, 5.74) is 0.747. The molecule has 2 aromatic rings. The molecule has 0 saturated carbocycles. The lowest BCUT2D eigenvalue weighted by Crippen LogP contribution is -2.10. The lowest BCUT2D eigenvalue weighted by atomic mass is 10.1. The summed E-state index contributed by atoms with van der Waals surface area (Å²) in [5.74, 6) is 0.116. The molecular formula is C12H12BrN3O2. The molecule has 0 bridgehead atoms. The highest BCUT2D eigenvalue weighted by Crippen LogP contribution is 2.28. The molecule has 0 amide bonds. The number of imidazole rings is 1. The molecule has 0 aliphatic carbocycles. The quantitative estimate of drug-likeness (QED) is 0.889. The maximum atomic E-state index is 11.3. The smallest absolute Gasteiger partial charge is 0.356 e. The highest BCUT2D eigenvalue weighted by molar-refractivity contribution is 9.10. The molecule has 3 rings (SSSR count). The number of nitrogens with one attached hydrogen (secondary N) is 1. The largest absolute Gasteiger partial charge is 0.476 e. The average molecular weight is 310 g/mol. The topological polar surface area (TPSA) is 66.6 Å². The monoisotopic (exact) mass is 309 g/mol. The van der Waals surface area contributed by atoms with Crippen LogP contribution in [0.3, 0.4) is 0 Å². The number of aromatic carboxylic acids is 1. The van der Waals surface area contributed by atoms with Gasteiger partial charge in [0.1, 0.15) is 5.82 Å². The molecule has 94 valence electrons. The number of halogens is 1. The van der Waals surface area contributed by atoms with Gasteiger partial charge in [0.2, 0.25) is 0 Å². The molecule has 2 N–H and O–H groups in total. The van der Waals surface area contributed by atoms with Gasteiger partial charge in [0, 0.05) is 23.1 Å². The maximum Gasteiger partial charge on any atom is 0.356 e. The minimum atomic E-state index is -0.989. The van der Waals surface area contributed by atoms with E-state index in [1.807, 2.05) is 22.7 Å². The molecule has 1 aliphatic heterocycles. The number of fused-ring (bicyclic) bond motifs is 1. The summed E-state index contributed by atoms with van der Waals surface area (Å²) in [7, 11) is 0. The maximum absolute atomic E-state index is 11.3. The van der Waals surface area contributed by atoms with Crippen LogP contribution in [0.2, 0.25) is 0 Å². The molecule has 0 radical (unpaired) electrons. The fraction of sp³-hybridized carbons (Fsp3) is 0.333. The van der Waals surface area contributed by atoms with Gasteiger partial charge in [-0.3, -0.25) is 0 Å². The van der Waals surface area contributed by atoms with Crippen LogP contribution in [-0.2, 0) is 0 Å². The van der Waals surface area contributed by atoms with Crippen molar-refractivity contribution < 1.29 is 9.90 Å². The molecule has 1 aliphatic rings. The molecule has 18 heavy (non-hydrogen) atoms. The average Bonchev–Trinajstić information content (AvgIpc) is 2.95. The predicted molar refractivity (Wildman–Crippen MR) is 70.1 cm³/mol. The highest BCUT2D eigenvalue weighted by atomic mass is 79.9. The molecule has 0 aromatic carbocycles. The van der Waals surface area contributed by atoms with Gasteiger partial charge in [-0.15, -0.1) is 0 Å². The first kappa shape index (κ1) is 11.7. The van der Waals surface area contributed by atoms with E-state index in [-0.39, 0.29) is 11.6 Å². The Morgan fingerprint density at radius 2 is 2.44 bits per heavy atom. The normalized spacial score (nSPS) is 19.5. The molecule has 5 nitrogen and oxygen atoms in total. The molecule has 1 atom stereocenters. The van der Waals surface area contributed by atoms with Gasteiger partial charge >= 0.3 is 5.97 Å². The second-order valence-corrected chi connectivity index (χ2v) is 5.24. The number of carbonyl (C=O) groups is 1. The standard InChI is InChI=1S/C12H12BrN3O2/c13-8-2-1-5-16-10(8)9(12(17)18)15-11(16)7-3-4-14-6-7/h1-2,5,7,14H,3-4,6H2,(H,17,18). The highest BCUT2D eigenvalue weighted by Gasteiger charge is 2.26. The summed E-state index contributed by atoms with van der Waals surface area (Å²) < 4.78 is 2.64. The van der Waals surface area contributed by atoms with Gasteiger partial charge in [-0.1, -0.05) is 0 Å². The third-order valence-corrected chi connectivity index (χ3v) is 3.91. The van der Waals surface area contributed by atoms with Gasteiger partial charge in [0.05, 0.1) is 5.52 Å². The van der Waals surface area contributed by atoms with Gasteiger partial charge in [-0.05, 0) is 41.0 Å². The Morgan fingerprint density at radius 1 is 1.61 bits per heavy atom. The van der Waals surface area contributed by atoms with Crippen molar-refractivity contribution in [1.82, 2.24) is 14.7 Å². The minimum Gasteiger partial charge on any atom is -0.476 e. The molecule has 6 heteroatoms. The Bertz CT molecular complexity index is 617. The van der Waals surface area contributed by atoms with Crippen LogP contribution in [0.25, 0.3) is 5.52 Å². The zero-order chi connectivity index (χ0) is 12.7. The van der Waals surface area contributed by atoms with Gasteiger partial charge in [-0.2, -0.15) is 0 Å². The Balaban J connectivity index is 2.26. The SMILES string of the molecule is O=C(O)c1nc(C2CCNC2)n2cccc(Br)c12. The van der Waals surface area contributed by atoms with Crippen LogP contribution in [-0.4, -0.2) is 33.6 Å². The lowest BCUT2D eigenvalue weighted by molar-refractivity contribution is 0.0693. The van der Waals surface area contributed by atoms with Crippen molar-refractivity contribution in [3.8, 4) is 0 Å². The Hall–Kier alpha value is -1.40. The van der Waals surface area contributed by atoms with Gasteiger partial charge in [-0.25, -0.2) is 9.78 Å². The van der Waals surface area contributed by atoms with Crippen LogP contribution < -0.4 is 5.32 Å². The second kappa shape index (κ2) is 4.37. The van der Waals surface area contributed by atoms with Crippen LogP contribution in [0.4, 0.5) is 0 Å². The zero-order valence-electron chi connectivity index (χ0n) is 9.56. The molecule has 1 unspecified atom stereocenters. The Kier molecular flexibility index (Phi) is 2.83. The number of carboxylic acid groups (broad SMARTS) is 1. The number of aromatic nitrogens is 2. The summed E-state index contributed by atoms with van der Waals surface area (Å²) in [6.45, 7) is 1.81. The number of nitrogens with zero attached hydrogens (tertiary/aromatic N) is 2. The van der Waals surface area contributed by atoms with E-state index in [9.17, 15) is 9.90 Å². The molecule has 0 spiro atoms. The van der Waals surface area contributed by atoms with Crippen molar-refractivity contribution in [2.75, 3.05) is 13.1 Å². The number of pyridine rings is 1. The fourth-order valence-corrected chi connectivity index (χ4v) is 2.97. The van der Waals surface area contributed by atoms with E-state index in [4.69, 9.17) is 0 Å². The van der Waals surface area contributed by atoms with Crippen LogP contribution in [0.1, 0.15) is 28.7 Å². The van der Waals surface area contributed by atoms with Crippen LogP contribution in [0.5, 0.6) is 0 Å². The first-order valence-electron chi connectivity index (χ1n) is 5.79. The number of rotatable bonds is 2. The van der Waals surface area contributed by atoms with Gasteiger partial charge in [0.25, 0.3) is 0 Å². The van der Waals surface area contributed by atoms with Crippen molar-refractivity contribution in [3.05, 3.63) is 34.3 Å². The van der Waals surface area contributed by atoms with Crippen LogP contribution in [0.15, 0.2) is 22.8 Å². The van der Waals surface area contributed by atoms with E-state index in [1.165, 1.54) is 0 Å². The van der Waals surface area contributed by atoms with E-state index in [2.05, 4.69) is 26.2 Å². The second-order valence-electron chi connectivity index (χ2n) is 4.39. The van der Waals surface area contributed by atoms with Crippen molar-refractivity contribution in [1.29, 1.82) is 0 Å². The van der Waals surface area contributed by atoms with Gasteiger partial charge < -0.3 is 14.8 Å². The number of carboxylic acids is 1. The molecule has 1 fully saturated rings. The summed E-state index contributed by atoms with van der Waals surface area (Å²) in [4.78, 5) is 15.6. The Labute approximate surface area is 112 Å². The predicted octanol–water partition coefficient (Wildman–Crippen LogP) is 1.87. The fourth-order valence-electron chi connectivity index (χ4n) is 2.43. The molecule has 1 saturated heterocycles. The van der Waals surface area contributed by atoms with E-state index >= 15 is 0 Å². The summed E-state index contributed by atoms with van der Waals surface area (Å²) >= 11 is 3.40.